The van der Waals surface area contributed by atoms with Crippen LogP contribution in [0.1, 0.15) is 35.1 Å². The normalized spacial score (nSPS) is 13.9. The average molecular weight is 432 g/mol. The molecule has 0 radical (unpaired) electrons. The zero-order valence-corrected chi connectivity index (χ0v) is 18.5. The lowest BCUT2D eigenvalue weighted by atomic mass is 9.92. The standard InChI is InChI=1S/C25H25N3O2S/c1-17-9-10-21(24-16-28-13-5-6-18(2)25(28)26-24)15-23(17)27-31(29,30)22-12-11-19-7-3-4-8-20(19)14-22/h5-6,9-16,27H,3-4,7-8H2,1-2H3. The first kappa shape index (κ1) is 19.8. The second-order valence-corrected chi connectivity index (χ2v) is 10.0. The van der Waals surface area contributed by atoms with E-state index in [1.54, 1.807) is 6.07 Å². The van der Waals surface area contributed by atoms with Gasteiger partial charge in [0.1, 0.15) is 5.65 Å². The van der Waals surface area contributed by atoms with Crippen molar-refractivity contribution < 1.29 is 8.42 Å². The Morgan fingerprint density at radius 1 is 0.935 bits per heavy atom. The molecule has 0 saturated heterocycles. The number of aryl methyl sites for hydroxylation is 4. The van der Waals surface area contributed by atoms with Gasteiger partial charge in [0.05, 0.1) is 16.3 Å². The van der Waals surface area contributed by atoms with Gasteiger partial charge in [0, 0.05) is 18.0 Å². The van der Waals surface area contributed by atoms with Crippen molar-refractivity contribution >= 4 is 21.4 Å². The Morgan fingerprint density at radius 2 is 1.74 bits per heavy atom. The van der Waals surface area contributed by atoms with Gasteiger partial charge in [-0.3, -0.25) is 4.72 Å². The highest BCUT2D eigenvalue weighted by molar-refractivity contribution is 7.92. The maximum Gasteiger partial charge on any atom is 0.261 e. The highest BCUT2D eigenvalue weighted by atomic mass is 32.2. The van der Waals surface area contributed by atoms with Gasteiger partial charge in [-0.1, -0.05) is 24.3 Å². The van der Waals surface area contributed by atoms with Crippen molar-refractivity contribution in [3.05, 3.63) is 83.2 Å². The molecule has 0 saturated carbocycles. The molecule has 0 amide bonds. The Kier molecular flexibility index (Phi) is 4.82. The number of rotatable bonds is 4. The van der Waals surface area contributed by atoms with Crippen LogP contribution in [-0.4, -0.2) is 17.8 Å². The minimum atomic E-state index is -3.68. The molecule has 0 spiro atoms. The number of anilines is 1. The summed E-state index contributed by atoms with van der Waals surface area (Å²) in [4.78, 5) is 5.06. The first-order valence-corrected chi connectivity index (χ1v) is 12.1. The lowest BCUT2D eigenvalue weighted by Gasteiger charge is -2.17. The molecule has 4 aromatic rings. The molecule has 2 heterocycles. The Labute approximate surface area is 182 Å². The molecule has 0 bridgehead atoms. The van der Waals surface area contributed by atoms with Crippen LogP contribution >= 0.6 is 0 Å². The van der Waals surface area contributed by atoms with E-state index in [2.05, 4.69) is 4.72 Å². The van der Waals surface area contributed by atoms with E-state index in [-0.39, 0.29) is 0 Å². The largest absolute Gasteiger partial charge is 0.306 e. The van der Waals surface area contributed by atoms with E-state index in [4.69, 9.17) is 4.98 Å². The van der Waals surface area contributed by atoms with Gasteiger partial charge in [0.2, 0.25) is 0 Å². The molecule has 2 aromatic carbocycles. The predicted octanol–water partition coefficient (Wildman–Crippen LogP) is 5.30. The number of benzene rings is 2. The van der Waals surface area contributed by atoms with E-state index < -0.39 is 10.0 Å². The number of pyridine rings is 1. The summed E-state index contributed by atoms with van der Waals surface area (Å²) in [6.07, 6.45) is 8.19. The number of hydrogen-bond acceptors (Lipinski definition) is 3. The molecule has 31 heavy (non-hydrogen) atoms. The highest BCUT2D eigenvalue weighted by Crippen LogP contribution is 2.29. The van der Waals surface area contributed by atoms with Crippen molar-refractivity contribution in [1.29, 1.82) is 0 Å². The molecule has 1 N–H and O–H groups in total. The summed E-state index contributed by atoms with van der Waals surface area (Å²) in [6.45, 7) is 3.93. The minimum absolute atomic E-state index is 0.321. The first-order valence-electron chi connectivity index (χ1n) is 10.6. The molecule has 5 nitrogen and oxygen atoms in total. The predicted molar refractivity (Wildman–Crippen MR) is 124 cm³/mol. The van der Waals surface area contributed by atoms with Crippen molar-refractivity contribution in [2.75, 3.05) is 4.72 Å². The minimum Gasteiger partial charge on any atom is -0.306 e. The molecule has 0 aliphatic heterocycles. The Hall–Kier alpha value is -3.12. The quantitative estimate of drug-likeness (QED) is 0.477. The van der Waals surface area contributed by atoms with Crippen molar-refractivity contribution in [1.82, 2.24) is 9.38 Å². The molecule has 0 unspecified atom stereocenters. The van der Waals surface area contributed by atoms with Crippen LogP contribution in [-0.2, 0) is 22.9 Å². The van der Waals surface area contributed by atoms with Gasteiger partial charge >= 0.3 is 0 Å². The van der Waals surface area contributed by atoms with Crippen LogP contribution in [0, 0.1) is 13.8 Å². The average Bonchev–Trinajstić information content (AvgIpc) is 3.20. The van der Waals surface area contributed by atoms with E-state index >= 15 is 0 Å². The van der Waals surface area contributed by atoms with Gasteiger partial charge in [0.15, 0.2) is 0 Å². The van der Waals surface area contributed by atoms with Gasteiger partial charge < -0.3 is 4.40 Å². The third kappa shape index (κ3) is 3.72. The number of nitrogens with one attached hydrogen (secondary N) is 1. The molecule has 0 atom stereocenters. The maximum atomic E-state index is 13.1. The summed E-state index contributed by atoms with van der Waals surface area (Å²) in [5.41, 5.74) is 7.53. The van der Waals surface area contributed by atoms with Crippen molar-refractivity contribution in [2.24, 2.45) is 0 Å². The van der Waals surface area contributed by atoms with Crippen LogP contribution < -0.4 is 4.72 Å². The third-order valence-electron chi connectivity index (χ3n) is 6.09. The topological polar surface area (TPSA) is 63.5 Å². The van der Waals surface area contributed by atoms with E-state index in [9.17, 15) is 8.42 Å². The van der Waals surface area contributed by atoms with Gasteiger partial charge in [-0.15, -0.1) is 0 Å². The van der Waals surface area contributed by atoms with Gasteiger partial charge in [-0.2, -0.15) is 0 Å². The van der Waals surface area contributed by atoms with Crippen molar-refractivity contribution in [2.45, 2.75) is 44.4 Å². The van der Waals surface area contributed by atoms with Crippen LogP contribution in [0.4, 0.5) is 5.69 Å². The molecule has 6 heteroatoms. The van der Waals surface area contributed by atoms with Crippen LogP contribution in [0.3, 0.4) is 0 Å². The monoisotopic (exact) mass is 431 g/mol. The smallest absolute Gasteiger partial charge is 0.261 e. The van der Waals surface area contributed by atoms with E-state index in [0.29, 0.717) is 10.6 Å². The van der Waals surface area contributed by atoms with Crippen LogP contribution in [0.25, 0.3) is 16.9 Å². The number of aromatic nitrogens is 2. The first-order chi connectivity index (χ1) is 14.9. The Morgan fingerprint density at radius 3 is 2.55 bits per heavy atom. The Bertz CT molecular complexity index is 1400. The third-order valence-corrected chi connectivity index (χ3v) is 7.45. The number of sulfonamides is 1. The molecule has 5 rings (SSSR count). The Balaban J connectivity index is 1.49. The highest BCUT2D eigenvalue weighted by Gasteiger charge is 2.19. The number of hydrogen-bond donors (Lipinski definition) is 1. The second-order valence-electron chi connectivity index (χ2n) is 8.32. The number of nitrogens with zero attached hydrogens (tertiary/aromatic N) is 2. The van der Waals surface area contributed by atoms with Gasteiger partial charge in [0.25, 0.3) is 10.0 Å². The van der Waals surface area contributed by atoms with E-state index in [1.165, 1.54) is 12.0 Å². The molecule has 1 aliphatic carbocycles. The van der Waals surface area contributed by atoms with Gasteiger partial charge in [-0.05, 0) is 86.1 Å². The fraction of sp³-hybridized carbons (Fsp3) is 0.240. The zero-order valence-electron chi connectivity index (χ0n) is 17.7. The van der Waals surface area contributed by atoms with Crippen molar-refractivity contribution in [3.8, 4) is 11.3 Å². The fourth-order valence-corrected chi connectivity index (χ4v) is 5.44. The number of fused-ring (bicyclic) bond motifs is 2. The summed E-state index contributed by atoms with van der Waals surface area (Å²) >= 11 is 0. The molecule has 158 valence electrons. The summed E-state index contributed by atoms with van der Waals surface area (Å²) in [5, 5.41) is 0. The van der Waals surface area contributed by atoms with E-state index in [0.717, 1.165) is 52.9 Å². The summed E-state index contributed by atoms with van der Waals surface area (Å²) in [7, 11) is -3.68. The zero-order chi connectivity index (χ0) is 21.6. The van der Waals surface area contributed by atoms with E-state index in [1.807, 2.05) is 73.1 Å². The van der Waals surface area contributed by atoms with Crippen molar-refractivity contribution in [3.63, 3.8) is 0 Å². The van der Waals surface area contributed by atoms with Crippen LogP contribution in [0.5, 0.6) is 0 Å². The summed E-state index contributed by atoms with van der Waals surface area (Å²) < 4.78 is 31.1. The van der Waals surface area contributed by atoms with Crippen LogP contribution in [0.15, 0.2) is 65.8 Å². The molecule has 1 aliphatic rings. The molecular formula is C25H25N3O2S. The number of imidazole rings is 1. The molecular weight excluding hydrogens is 406 g/mol. The fourth-order valence-electron chi connectivity index (χ4n) is 4.26. The SMILES string of the molecule is Cc1ccc(-c2cn3cccc(C)c3n2)cc1NS(=O)(=O)c1ccc2c(c1)CCCC2. The van der Waals surface area contributed by atoms with Gasteiger partial charge in [-0.25, -0.2) is 13.4 Å². The maximum absolute atomic E-state index is 13.1. The lowest BCUT2D eigenvalue weighted by molar-refractivity contribution is 0.600. The summed E-state index contributed by atoms with van der Waals surface area (Å²) in [5.74, 6) is 0. The molecule has 2 aromatic heterocycles. The lowest BCUT2D eigenvalue weighted by Crippen LogP contribution is -2.15. The summed E-state index contributed by atoms with van der Waals surface area (Å²) in [6, 6.07) is 15.3. The second kappa shape index (κ2) is 7.54. The van der Waals surface area contributed by atoms with Crippen LogP contribution in [0.2, 0.25) is 0 Å². The molecule has 0 fully saturated rings.